The smallest absolute Gasteiger partial charge is 1.00 e. The summed E-state index contributed by atoms with van der Waals surface area (Å²) in [6, 6.07) is 0. The van der Waals surface area contributed by atoms with Crippen LogP contribution in [0.5, 0.6) is 0 Å². The normalized spacial score (nSPS) is 20.0. The van der Waals surface area contributed by atoms with Crippen LogP contribution in [0.2, 0.25) is 0 Å². The quantitative estimate of drug-likeness (QED) is 0.506. The number of halogens is 1. The predicted octanol–water partition coefficient (Wildman–Crippen LogP) is -0.956. The van der Waals surface area contributed by atoms with Gasteiger partial charge in [-0.3, -0.25) is 0 Å². The molecule has 2 aliphatic carbocycles. The summed E-state index contributed by atoms with van der Waals surface area (Å²) in [5.41, 5.74) is 0. The monoisotopic (exact) mass is 308 g/mol. The van der Waals surface area contributed by atoms with E-state index in [0.717, 1.165) is 0 Å². The Morgan fingerprint density at radius 1 is 0.333 bits per heavy atom. The van der Waals surface area contributed by atoms with Crippen LogP contribution in [0.15, 0.2) is 0 Å². The molecule has 0 aromatic carbocycles. The molecule has 2 aliphatic rings. The average molecular weight is 308 g/mol. The summed E-state index contributed by atoms with van der Waals surface area (Å²) >= 11 is 0. The second-order valence-electron chi connectivity index (χ2n) is 1.92. The summed E-state index contributed by atoms with van der Waals surface area (Å²) < 4.78 is 0. The fourth-order valence-electron chi connectivity index (χ4n) is 0.642. The van der Waals surface area contributed by atoms with Gasteiger partial charge in [0.25, 0.3) is 0 Å². The van der Waals surface area contributed by atoms with Crippen LogP contribution in [-0.2, 0) is 18.6 Å². The van der Waals surface area contributed by atoms with Crippen LogP contribution in [0.1, 0.15) is 0 Å². The summed E-state index contributed by atoms with van der Waals surface area (Å²) in [4.78, 5) is 0. The summed E-state index contributed by atoms with van der Waals surface area (Å²) in [7, 11) is 0. The van der Waals surface area contributed by atoms with Crippen molar-refractivity contribution in [3.05, 3.63) is 64.2 Å². The first kappa shape index (κ1) is 15.8. The average Bonchev–Trinajstić information content (AvgIpc) is 2.67. The minimum absolute atomic E-state index is 0. The van der Waals surface area contributed by atoms with E-state index in [1.54, 1.807) is 0 Å². The SMILES string of the molecule is [CH]1[CH][CH][CH][CH]1.[CH]1[CH][CH][CH][CH]1.[I-].[V+4]. The Balaban J connectivity index is 0. The Morgan fingerprint density at radius 2 is 0.417 bits per heavy atom. The van der Waals surface area contributed by atoms with Gasteiger partial charge in [-0.15, -0.1) is 0 Å². The van der Waals surface area contributed by atoms with Crippen LogP contribution >= 0.6 is 0 Å². The molecular weight excluding hydrogens is 298 g/mol. The van der Waals surface area contributed by atoms with E-state index in [0.29, 0.717) is 0 Å². The maximum absolute atomic E-state index is 2.00. The first-order chi connectivity index (χ1) is 5.00. The zero-order valence-corrected chi connectivity index (χ0v) is 10.2. The topological polar surface area (TPSA) is 0 Å². The molecule has 0 unspecified atom stereocenters. The van der Waals surface area contributed by atoms with Crippen LogP contribution < -0.4 is 24.0 Å². The fraction of sp³-hybridized carbons (Fsp3) is 0. The molecule has 59 valence electrons. The third kappa shape index (κ3) is 9.40. The molecular formula is C10H10IV+3. The number of hydrogen-bond donors (Lipinski definition) is 0. The molecule has 2 fully saturated rings. The van der Waals surface area contributed by atoms with Gasteiger partial charge in [0, 0.05) is 0 Å². The molecule has 0 aliphatic heterocycles. The Labute approximate surface area is 106 Å². The molecule has 2 rings (SSSR count). The third-order valence-corrected chi connectivity index (χ3v) is 1.11. The summed E-state index contributed by atoms with van der Waals surface area (Å²) in [6.07, 6.45) is 20.0. The standard InChI is InChI=1S/2C5H5.HI.V/c2*1-2-4-5-3-1;;/h2*1-5H;1H;/q;;;+4/p-1. The maximum Gasteiger partial charge on any atom is 4.00 e. The van der Waals surface area contributed by atoms with E-state index in [-0.39, 0.29) is 42.5 Å². The molecule has 11 radical (unpaired) electrons. The summed E-state index contributed by atoms with van der Waals surface area (Å²) in [5.74, 6) is 0. The minimum Gasteiger partial charge on any atom is -1.00 e. The van der Waals surface area contributed by atoms with Gasteiger partial charge >= 0.3 is 18.6 Å². The number of hydrogen-bond acceptors (Lipinski definition) is 0. The summed E-state index contributed by atoms with van der Waals surface area (Å²) in [5, 5.41) is 0. The van der Waals surface area contributed by atoms with Gasteiger partial charge in [0.1, 0.15) is 0 Å². The Hall–Kier alpha value is 1.31. The predicted molar refractivity (Wildman–Crippen MR) is 43.0 cm³/mol. The van der Waals surface area contributed by atoms with Crippen molar-refractivity contribution in [3.63, 3.8) is 0 Å². The Bertz CT molecular complexity index is 43.0. The van der Waals surface area contributed by atoms with E-state index in [1.807, 2.05) is 64.2 Å². The maximum atomic E-state index is 2.00. The van der Waals surface area contributed by atoms with Crippen LogP contribution in [0, 0.1) is 64.2 Å². The van der Waals surface area contributed by atoms with Crippen LogP contribution in [-0.4, -0.2) is 0 Å². The van der Waals surface area contributed by atoms with Crippen molar-refractivity contribution in [2.75, 3.05) is 0 Å². The van der Waals surface area contributed by atoms with Gasteiger partial charge in [0.05, 0.1) is 0 Å². The molecule has 0 nitrogen and oxygen atoms in total. The van der Waals surface area contributed by atoms with E-state index < -0.39 is 0 Å². The second kappa shape index (κ2) is 12.3. The van der Waals surface area contributed by atoms with Crippen molar-refractivity contribution in [2.45, 2.75) is 0 Å². The Morgan fingerprint density at radius 3 is 0.500 bits per heavy atom. The zero-order valence-electron chi connectivity index (χ0n) is 6.60. The van der Waals surface area contributed by atoms with Crippen molar-refractivity contribution in [1.29, 1.82) is 0 Å². The molecule has 0 heterocycles. The Kier molecular flexibility index (Phi) is 16.2. The van der Waals surface area contributed by atoms with Crippen LogP contribution in [0.4, 0.5) is 0 Å². The molecule has 0 N–H and O–H groups in total. The van der Waals surface area contributed by atoms with Crippen molar-refractivity contribution >= 4 is 0 Å². The fourth-order valence-corrected chi connectivity index (χ4v) is 0.642. The van der Waals surface area contributed by atoms with Gasteiger partial charge in [-0.2, -0.15) is 0 Å². The van der Waals surface area contributed by atoms with Crippen molar-refractivity contribution in [2.24, 2.45) is 0 Å². The molecule has 12 heavy (non-hydrogen) atoms. The van der Waals surface area contributed by atoms with Gasteiger partial charge in [-0.1, -0.05) is 0 Å². The van der Waals surface area contributed by atoms with Gasteiger partial charge in [0.15, 0.2) is 0 Å². The van der Waals surface area contributed by atoms with E-state index in [9.17, 15) is 0 Å². The molecule has 2 heteroatoms. The van der Waals surface area contributed by atoms with Crippen LogP contribution in [0.25, 0.3) is 0 Å². The summed E-state index contributed by atoms with van der Waals surface area (Å²) in [6.45, 7) is 0. The number of rotatable bonds is 0. The van der Waals surface area contributed by atoms with Crippen LogP contribution in [0.3, 0.4) is 0 Å². The van der Waals surface area contributed by atoms with Gasteiger partial charge < -0.3 is 24.0 Å². The van der Waals surface area contributed by atoms with Gasteiger partial charge in [-0.05, 0) is 64.2 Å². The second-order valence-corrected chi connectivity index (χ2v) is 1.92. The molecule has 2 saturated carbocycles. The molecule has 0 aromatic heterocycles. The molecule has 0 spiro atoms. The van der Waals surface area contributed by atoms with Gasteiger partial charge in [-0.25, -0.2) is 0 Å². The minimum atomic E-state index is 0. The molecule has 0 aromatic rings. The first-order valence-corrected chi connectivity index (χ1v) is 3.33. The van der Waals surface area contributed by atoms with Crippen molar-refractivity contribution < 1.29 is 42.5 Å². The zero-order chi connectivity index (χ0) is 7.07. The first-order valence-electron chi connectivity index (χ1n) is 3.33. The van der Waals surface area contributed by atoms with Crippen molar-refractivity contribution in [1.82, 2.24) is 0 Å². The van der Waals surface area contributed by atoms with E-state index in [1.165, 1.54) is 0 Å². The molecule has 0 atom stereocenters. The molecule has 0 amide bonds. The largest absolute Gasteiger partial charge is 4.00 e. The molecule has 0 bridgehead atoms. The molecule has 0 saturated heterocycles. The van der Waals surface area contributed by atoms with Crippen molar-refractivity contribution in [3.8, 4) is 0 Å². The van der Waals surface area contributed by atoms with E-state index in [2.05, 4.69) is 0 Å². The van der Waals surface area contributed by atoms with E-state index >= 15 is 0 Å². The van der Waals surface area contributed by atoms with E-state index in [4.69, 9.17) is 0 Å². The third-order valence-electron chi connectivity index (χ3n) is 1.11. The van der Waals surface area contributed by atoms with Gasteiger partial charge in [0.2, 0.25) is 0 Å².